The summed E-state index contributed by atoms with van der Waals surface area (Å²) < 4.78 is 36.4. The minimum atomic E-state index is -3.14. The van der Waals surface area contributed by atoms with Gasteiger partial charge in [-0.05, 0) is 23.3 Å². The minimum absolute atomic E-state index is 0.00800. The lowest BCUT2D eigenvalue weighted by molar-refractivity contribution is 0.550. The summed E-state index contributed by atoms with van der Waals surface area (Å²) in [5.41, 5.74) is 1.68. The first kappa shape index (κ1) is 16.9. The van der Waals surface area contributed by atoms with Gasteiger partial charge in [-0.15, -0.1) is 0 Å². The van der Waals surface area contributed by atoms with E-state index < -0.39 is 15.7 Å². The van der Waals surface area contributed by atoms with Gasteiger partial charge in [-0.25, -0.2) is 12.8 Å². The minimum Gasteiger partial charge on any atom is -0.305 e. The van der Waals surface area contributed by atoms with Gasteiger partial charge in [-0.2, -0.15) is 0 Å². The average molecular weight is 342 g/mol. The maximum atomic E-state index is 13.2. The fourth-order valence-corrected chi connectivity index (χ4v) is 3.27. The molecule has 3 nitrogen and oxygen atoms in total. The van der Waals surface area contributed by atoms with Gasteiger partial charge in [-0.1, -0.05) is 48.0 Å². The molecule has 0 aliphatic heterocycles. The molecule has 1 N–H and O–H groups in total. The number of hydrogen-bond donors (Lipinski definition) is 1. The number of sulfone groups is 1. The second kappa shape index (κ2) is 7.22. The zero-order chi connectivity index (χ0) is 16.2. The van der Waals surface area contributed by atoms with E-state index >= 15 is 0 Å². The van der Waals surface area contributed by atoms with Crippen LogP contribution in [0.25, 0.3) is 0 Å². The average Bonchev–Trinajstić information content (AvgIpc) is 2.47. The van der Waals surface area contributed by atoms with Crippen molar-refractivity contribution < 1.29 is 12.8 Å². The Morgan fingerprint density at radius 1 is 1.18 bits per heavy atom. The summed E-state index contributed by atoms with van der Waals surface area (Å²) in [5, 5.41) is 3.25. The van der Waals surface area contributed by atoms with Gasteiger partial charge in [0, 0.05) is 18.8 Å². The summed E-state index contributed by atoms with van der Waals surface area (Å²) in [6.07, 6.45) is 1.21. The summed E-state index contributed by atoms with van der Waals surface area (Å²) in [6, 6.07) is 13.5. The van der Waals surface area contributed by atoms with E-state index in [9.17, 15) is 12.8 Å². The van der Waals surface area contributed by atoms with Gasteiger partial charge in [0.1, 0.15) is 15.7 Å². The topological polar surface area (TPSA) is 46.2 Å². The third-order valence-electron chi connectivity index (χ3n) is 3.21. The highest BCUT2D eigenvalue weighted by Gasteiger charge is 2.17. The number of benzene rings is 2. The van der Waals surface area contributed by atoms with Crippen LogP contribution in [0.3, 0.4) is 0 Å². The highest BCUT2D eigenvalue weighted by molar-refractivity contribution is 7.90. The first-order valence-electron chi connectivity index (χ1n) is 6.75. The molecule has 0 aliphatic rings. The molecule has 0 unspecified atom stereocenters. The molecule has 0 bridgehead atoms. The van der Waals surface area contributed by atoms with E-state index in [1.54, 1.807) is 6.07 Å². The van der Waals surface area contributed by atoms with Crippen molar-refractivity contribution in [3.8, 4) is 0 Å². The van der Waals surface area contributed by atoms with Crippen LogP contribution in [0.15, 0.2) is 48.5 Å². The molecule has 2 aromatic carbocycles. The van der Waals surface area contributed by atoms with E-state index in [2.05, 4.69) is 5.32 Å². The van der Waals surface area contributed by atoms with Crippen LogP contribution in [0.5, 0.6) is 0 Å². The number of hydrogen-bond acceptors (Lipinski definition) is 3. The number of halogens is 2. The van der Waals surface area contributed by atoms with Crippen molar-refractivity contribution in [1.82, 2.24) is 5.32 Å². The summed E-state index contributed by atoms with van der Waals surface area (Å²) in [6.45, 7) is 0.398. The van der Waals surface area contributed by atoms with Crippen molar-refractivity contribution in [3.63, 3.8) is 0 Å². The predicted molar refractivity (Wildman–Crippen MR) is 87.1 cm³/mol. The van der Waals surface area contributed by atoms with Gasteiger partial charge in [0.2, 0.25) is 0 Å². The molecule has 0 aliphatic carbocycles. The van der Waals surface area contributed by atoms with Crippen LogP contribution >= 0.6 is 11.6 Å². The summed E-state index contributed by atoms with van der Waals surface area (Å²) >= 11 is 5.75. The van der Waals surface area contributed by atoms with Gasteiger partial charge in [0.15, 0.2) is 0 Å². The van der Waals surface area contributed by atoms with E-state index in [0.717, 1.165) is 11.1 Å². The lowest BCUT2D eigenvalue weighted by atomic mass is 10.1. The van der Waals surface area contributed by atoms with Gasteiger partial charge in [0.25, 0.3) is 0 Å². The number of rotatable bonds is 6. The van der Waals surface area contributed by atoms with Crippen molar-refractivity contribution >= 4 is 21.4 Å². The molecule has 0 saturated carbocycles. The lowest BCUT2D eigenvalue weighted by Crippen LogP contribution is -2.27. The molecule has 0 amide bonds. The van der Waals surface area contributed by atoms with Crippen LogP contribution in [-0.4, -0.2) is 20.4 Å². The van der Waals surface area contributed by atoms with Crippen LogP contribution in [0.4, 0.5) is 4.39 Å². The molecule has 0 heterocycles. The molecule has 0 aromatic heterocycles. The van der Waals surface area contributed by atoms with Gasteiger partial charge in [0.05, 0.1) is 10.8 Å². The van der Waals surface area contributed by atoms with Gasteiger partial charge >= 0.3 is 0 Å². The van der Waals surface area contributed by atoms with Crippen molar-refractivity contribution in [2.45, 2.75) is 12.6 Å². The molecule has 1 atom stereocenters. The largest absolute Gasteiger partial charge is 0.305 e. The zero-order valence-electron chi connectivity index (χ0n) is 12.1. The molecule has 0 saturated heterocycles. The van der Waals surface area contributed by atoms with Crippen molar-refractivity contribution in [2.75, 3.05) is 12.0 Å². The molecule has 0 fully saturated rings. The first-order chi connectivity index (χ1) is 10.3. The first-order valence-corrected chi connectivity index (χ1v) is 9.19. The maximum Gasteiger partial charge on any atom is 0.149 e. The van der Waals surface area contributed by atoms with E-state index in [0.29, 0.717) is 6.54 Å². The van der Waals surface area contributed by atoms with E-state index in [4.69, 9.17) is 11.6 Å². The van der Waals surface area contributed by atoms with E-state index in [1.165, 1.54) is 18.4 Å². The Bertz CT molecular complexity index is 735. The van der Waals surface area contributed by atoms with E-state index in [1.807, 2.05) is 30.3 Å². The fourth-order valence-electron chi connectivity index (χ4n) is 2.15. The molecule has 118 valence electrons. The Hall–Kier alpha value is -1.43. The summed E-state index contributed by atoms with van der Waals surface area (Å²) in [7, 11) is -3.14. The Labute approximate surface area is 135 Å². The summed E-state index contributed by atoms with van der Waals surface area (Å²) in [4.78, 5) is 0. The normalized spacial score (nSPS) is 13.0. The Morgan fingerprint density at radius 3 is 2.45 bits per heavy atom. The number of nitrogens with one attached hydrogen (secondary N) is 1. The van der Waals surface area contributed by atoms with Gasteiger partial charge in [-0.3, -0.25) is 0 Å². The molecule has 22 heavy (non-hydrogen) atoms. The monoisotopic (exact) mass is 341 g/mol. The second-order valence-corrected chi connectivity index (χ2v) is 7.78. The SMILES string of the molecule is CS(=O)(=O)C[C@H](NCc1ccc(F)c(Cl)c1)c1ccccc1. The third-order valence-corrected chi connectivity index (χ3v) is 4.44. The molecule has 2 aromatic rings. The lowest BCUT2D eigenvalue weighted by Gasteiger charge is -2.18. The van der Waals surface area contributed by atoms with Crippen molar-refractivity contribution in [2.24, 2.45) is 0 Å². The fraction of sp³-hybridized carbons (Fsp3) is 0.250. The standard InChI is InChI=1S/C16H17ClFNO2S/c1-22(20,21)11-16(13-5-3-2-4-6-13)19-10-12-7-8-15(18)14(17)9-12/h2-9,16,19H,10-11H2,1H3/t16-/m0/s1. The highest BCUT2D eigenvalue weighted by atomic mass is 35.5. The molecule has 6 heteroatoms. The van der Waals surface area contributed by atoms with Gasteiger partial charge < -0.3 is 5.32 Å². The Balaban J connectivity index is 2.14. The smallest absolute Gasteiger partial charge is 0.149 e. The van der Waals surface area contributed by atoms with Crippen LogP contribution in [0, 0.1) is 5.82 Å². The van der Waals surface area contributed by atoms with Crippen LogP contribution in [0.1, 0.15) is 17.2 Å². The van der Waals surface area contributed by atoms with Crippen molar-refractivity contribution in [1.29, 1.82) is 0 Å². The summed E-state index contributed by atoms with van der Waals surface area (Å²) in [5.74, 6) is -0.479. The maximum absolute atomic E-state index is 13.2. The Morgan fingerprint density at radius 2 is 1.86 bits per heavy atom. The van der Waals surface area contributed by atoms with Crippen molar-refractivity contribution in [3.05, 3.63) is 70.5 Å². The van der Waals surface area contributed by atoms with Crippen LogP contribution in [-0.2, 0) is 16.4 Å². The second-order valence-electron chi connectivity index (χ2n) is 5.19. The zero-order valence-corrected chi connectivity index (χ0v) is 13.7. The molecule has 0 radical (unpaired) electrons. The van der Waals surface area contributed by atoms with Crippen LogP contribution < -0.4 is 5.32 Å². The van der Waals surface area contributed by atoms with Crippen LogP contribution in [0.2, 0.25) is 5.02 Å². The third kappa shape index (κ3) is 5.09. The Kier molecular flexibility index (Phi) is 5.56. The highest BCUT2D eigenvalue weighted by Crippen LogP contribution is 2.18. The molecular formula is C16H17ClFNO2S. The predicted octanol–water partition coefficient (Wildman–Crippen LogP) is 3.35. The molecular weight excluding hydrogens is 325 g/mol. The molecule has 2 rings (SSSR count). The molecule has 0 spiro atoms. The van der Waals surface area contributed by atoms with E-state index in [-0.39, 0.29) is 16.8 Å². The quantitative estimate of drug-likeness (QED) is 0.876.